The van der Waals surface area contributed by atoms with Gasteiger partial charge < -0.3 is 5.73 Å². The van der Waals surface area contributed by atoms with Crippen LogP contribution in [0.15, 0.2) is 24.3 Å². The summed E-state index contributed by atoms with van der Waals surface area (Å²) in [4.78, 5) is 5.31. The van der Waals surface area contributed by atoms with Crippen molar-refractivity contribution in [1.29, 1.82) is 0 Å². The Kier molecular flexibility index (Phi) is 4.63. The zero-order chi connectivity index (χ0) is 14.8. The molecule has 2 saturated heterocycles. The van der Waals surface area contributed by atoms with Crippen molar-refractivity contribution in [3.05, 3.63) is 35.4 Å². The Morgan fingerprint density at radius 1 is 1.24 bits per heavy atom. The summed E-state index contributed by atoms with van der Waals surface area (Å²) in [5.41, 5.74) is 9.12. The number of aryl methyl sites for hydroxylation is 1. The van der Waals surface area contributed by atoms with E-state index >= 15 is 0 Å². The van der Waals surface area contributed by atoms with Gasteiger partial charge in [0.05, 0.1) is 0 Å². The van der Waals surface area contributed by atoms with Gasteiger partial charge in [0.1, 0.15) is 0 Å². The molecule has 2 aliphatic heterocycles. The molecule has 0 aliphatic carbocycles. The van der Waals surface area contributed by atoms with Crippen molar-refractivity contribution >= 4 is 0 Å². The highest BCUT2D eigenvalue weighted by atomic mass is 15.3. The summed E-state index contributed by atoms with van der Waals surface area (Å²) >= 11 is 0. The molecule has 1 aromatic carbocycles. The molecule has 116 valence electrons. The predicted octanol–water partition coefficient (Wildman–Crippen LogP) is 2.55. The second-order valence-electron chi connectivity index (χ2n) is 6.91. The van der Waals surface area contributed by atoms with Gasteiger partial charge in [0.25, 0.3) is 0 Å². The molecule has 3 atom stereocenters. The molecule has 0 spiro atoms. The zero-order valence-electron chi connectivity index (χ0n) is 13.5. The molecule has 2 heterocycles. The molecule has 2 aliphatic rings. The average Bonchev–Trinajstić information content (AvgIpc) is 2.48. The van der Waals surface area contributed by atoms with Gasteiger partial charge in [0.2, 0.25) is 0 Å². The number of piperazine rings is 1. The Hall–Kier alpha value is -0.900. The largest absolute Gasteiger partial charge is 0.323 e. The minimum Gasteiger partial charge on any atom is -0.323 e. The van der Waals surface area contributed by atoms with E-state index in [-0.39, 0.29) is 6.04 Å². The van der Waals surface area contributed by atoms with Crippen molar-refractivity contribution < 1.29 is 0 Å². The number of nitrogens with two attached hydrogens (primary N) is 1. The maximum atomic E-state index is 6.50. The van der Waals surface area contributed by atoms with Crippen LogP contribution < -0.4 is 5.73 Å². The van der Waals surface area contributed by atoms with Crippen molar-refractivity contribution in [2.24, 2.45) is 5.73 Å². The molecule has 0 aromatic heterocycles. The van der Waals surface area contributed by atoms with Gasteiger partial charge in [0, 0.05) is 37.8 Å². The first-order valence-electron chi connectivity index (χ1n) is 8.44. The van der Waals surface area contributed by atoms with E-state index in [1.165, 1.54) is 50.0 Å². The van der Waals surface area contributed by atoms with Gasteiger partial charge in [-0.25, -0.2) is 0 Å². The van der Waals surface area contributed by atoms with Crippen LogP contribution in [-0.4, -0.2) is 48.1 Å². The molecule has 2 N–H and O–H groups in total. The minimum atomic E-state index is 0.129. The monoisotopic (exact) mass is 287 g/mol. The summed E-state index contributed by atoms with van der Waals surface area (Å²) in [7, 11) is 0. The third kappa shape index (κ3) is 3.31. The van der Waals surface area contributed by atoms with Crippen molar-refractivity contribution in [3.63, 3.8) is 0 Å². The normalized spacial score (nSPS) is 29.1. The van der Waals surface area contributed by atoms with Crippen LogP contribution in [0, 0.1) is 6.92 Å². The van der Waals surface area contributed by atoms with Gasteiger partial charge in [-0.05, 0) is 44.4 Å². The smallest absolute Gasteiger partial charge is 0.0427 e. The van der Waals surface area contributed by atoms with E-state index in [2.05, 4.69) is 47.9 Å². The first-order chi connectivity index (χ1) is 10.1. The molecule has 21 heavy (non-hydrogen) atoms. The molecule has 3 nitrogen and oxygen atoms in total. The minimum absolute atomic E-state index is 0.129. The molecule has 0 saturated carbocycles. The lowest BCUT2D eigenvalue weighted by atomic mass is 9.95. The van der Waals surface area contributed by atoms with Gasteiger partial charge >= 0.3 is 0 Å². The Morgan fingerprint density at radius 2 is 2.05 bits per heavy atom. The second kappa shape index (κ2) is 6.47. The van der Waals surface area contributed by atoms with Gasteiger partial charge in [-0.3, -0.25) is 9.80 Å². The van der Waals surface area contributed by atoms with E-state index in [0.717, 1.165) is 12.6 Å². The summed E-state index contributed by atoms with van der Waals surface area (Å²) in [5, 5.41) is 0. The van der Waals surface area contributed by atoms with E-state index in [1.54, 1.807) is 0 Å². The van der Waals surface area contributed by atoms with Gasteiger partial charge in [-0.1, -0.05) is 30.7 Å². The van der Waals surface area contributed by atoms with Gasteiger partial charge in [0.15, 0.2) is 0 Å². The summed E-state index contributed by atoms with van der Waals surface area (Å²) in [6.45, 7) is 9.21. The van der Waals surface area contributed by atoms with Crippen LogP contribution in [0.3, 0.4) is 0 Å². The first-order valence-corrected chi connectivity index (χ1v) is 8.44. The Balaban J connectivity index is 1.65. The molecule has 0 radical (unpaired) electrons. The number of hydrogen-bond acceptors (Lipinski definition) is 3. The number of rotatable bonds is 3. The number of piperidine rings is 1. The Bertz CT molecular complexity index is 473. The van der Waals surface area contributed by atoms with Gasteiger partial charge in [-0.15, -0.1) is 0 Å². The Morgan fingerprint density at radius 3 is 2.86 bits per heavy atom. The lowest BCUT2D eigenvalue weighted by Gasteiger charge is -2.48. The van der Waals surface area contributed by atoms with Crippen molar-refractivity contribution in [1.82, 2.24) is 9.80 Å². The third-order valence-corrected chi connectivity index (χ3v) is 5.34. The number of fused-ring (bicyclic) bond motifs is 1. The van der Waals surface area contributed by atoms with E-state index in [1.807, 2.05) is 0 Å². The van der Waals surface area contributed by atoms with Crippen molar-refractivity contribution in [2.45, 2.75) is 51.2 Å². The highest BCUT2D eigenvalue weighted by Gasteiger charge is 2.33. The fourth-order valence-corrected chi connectivity index (χ4v) is 4.02. The molecule has 3 rings (SSSR count). The van der Waals surface area contributed by atoms with Crippen molar-refractivity contribution in [3.8, 4) is 0 Å². The molecule has 2 fully saturated rings. The molecule has 3 heteroatoms. The summed E-state index contributed by atoms with van der Waals surface area (Å²) < 4.78 is 0. The average molecular weight is 287 g/mol. The standard InChI is InChI=1S/C18H29N3/c1-14-7-3-4-9-17(14)18(19)13-21-12-16-8-5-6-10-20(16)11-15(21)2/h3-4,7,9,15-16,18H,5-6,8,10-13,19H2,1-2H3. The summed E-state index contributed by atoms with van der Waals surface area (Å²) in [6.07, 6.45) is 4.14. The van der Waals surface area contributed by atoms with E-state index in [0.29, 0.717) is 6.04 Å². The fourth-order valence-electron chi connectivity index (χ4n) is 4.02. The highest BCUT2D eigenvalue weighted by molar-refractivity contribution is 5.28. The maximum absolute atomic E-state index is 6.50. The Labute approximate surface area is 129 Å². The quantitative estimate of drug-likeness (QED) is 0.927. The highest BCUT2D eigenvalue weighted by Crippen LogP contribution is 2.26. The molecule has 1 aromatic rings. The first kappa shape index (κ1) is 15.0. The van der Waals surface area contributed by atoms with E-state index in [4.69, 9.17) is 5.73 Å². The lowest BCUT2D eigenvalue weighted by molar-refractivity contribution is 0.0125. The van der Waals surface area contributed by atoms with Crippen molar-refractivity contribution in [2.75, 3.05) is 26.2 Å². The molecule has 0 bridgehead atoms. The van der Waals surface area contributed by atoms with Crippen LogP contribution in [0.1, 0.15) is 43.4 Å². The lowest BCUT2D eigenvalue weighted by Crippen LogP contribution is -2.59. The molecular weight excluding hydrogens is 258 g/mol. The zero-order valence-corrected chi connectivity index (χ0v) is 13.5. The molecule has 3 unspecified atom stereocenters. The molecule has 0 amide bonds. The van der Waals surface area contributed by atoms with Crippen LogP contribution in [0.25, 0.3) is 0 Å². The van der Waals surface area contributed by atoms with E-state index < -0.39 is 0 Å². The second-order valence-corrected chi connectivity index (χ2v) is 6.91. The van der Waals surface area contributed by atoms with Crippen LogP contribution in [0.4, 0.5) is 0 Å². The van der Waals surface area contributed by atoms with Gasteiger partial charge in [-0.2, -0.15) is 0 Å². The summed E-state index contributed by atoms with van der Waals surface area (Å²) in [6, 6.07) is 10.1. The summed E-state index contributed by atoms with van der Waals surface area (Å²) in [5.74, 6) is 0. The van der Waals surface area contributed by atoms with Crippen LogP contribution in [0.2, 0.25) is 0 Å². The number of benzene rings is 1. The number of hydrogen-bond donors (Lipinski definition) is 1. The molecular formula is C18H29N3. The maximum Gasteiger partial charge on any atom is 0.0427 e. The predicted molar refractivity (Wildman–Crippen MR) is 88.4 cm³/mol. The van der Waals surface area contributed by atoms with E-state index in [9.17, 15) is 0 Å². The SMILES string of the molecule is Cc1ccccc1C(N)CN1CC2CCCCN2CC1C. The fraction of sp³-hybridized carbons (Fsp3) is 0.667. The van der Waals surface area contributed by atoms with Crippen LogP contribution >= 0.6 is 0 Å². The topological polar surface area (TPSA) is 32.5 Å². The third-order valence-electron chi connectivity index (χ3n) is 5.34. The van der Waals surface area contributed by atoms with Crippen LogP contribution in [-0.2, 0) is 0 Å². The van der Waals surface area contributed by atoms with Crippen LogP contribution in [0.5, 0.6) is 0 Å². The number of nitrogens with zero attached hydrogens (tertiary/aromatic N) is 2.